The summed E-state index contributed by atoms with van der Waals surface area (Å²) < 4.78 is 0. The smallest absolute Gasteiger partial charge is 0.293 e. The molecule has 1 atom stereocenters. The van der Waals surface area contributed by atoms with Gasteiger partial charge in [0.15, 0.2) is 5.78 Å². The highest BCUT2D eigenvalue weighted by Crippen LogP contribution is 2.35. The molecule has 0 radical (unpaired) electrons. The van der Waals surface area contributed by atoms with Gasteiger partial charge in [0.2, 0.25) is 0 Å². The van der Waals surface area contributed by atoms with E-state index < -0.39 is 4.92 Å². The highest BCUT2D eigenvalue weighted by molar-refractivity contribution is 5.95. The van der Waals surface area contributed by atoms with Crippen molar-refractivity contribution in [2.45, 2.75) is 38.6 Å². The van der Waals surface area contributed by atoms with Crippen LogP contribution in [0.5, 0.6) is 0 Å². The Balaban J connectivity index is 2.33. The number of nitro groups is 1. The second-order valence-corrected chi connectivity index (χ2v) is 5.37. The summed E-state index contributed by atoms with van der Waals surface area (Å²) in [6.45, 7) is 2.31. The molecule has 6 heteroatoms. The standard InChI is InChI=1S/C15H20N2O4/c1-11(19)12-6-7-14(15(10-12)17(20)21)16-8-2-4-13(16)5-3-9-18/h6-7,10,13,18H,2-5,8-9H2,1H3. The maximum Gasteiger partial charge on any atom is 0.293 e. The van der Waals surface area contributed by atoms with Gasteiger partial charge in [0.25, 0.3) is 5.69 Å². The Morgan fingerprint density at radius 1 is 1.52 bits per heavy atom. The van der Waals surface area contributed by atoms with Gasteiger partial charge in [-0.2, -0.15) is 0 Å². The van der Waals surface area contributed by atoms with Gasteiger partial charge >= 0.3 is 0 Å². The lowest BCUT2D eigenvalue weighted by Gasteiger charge is -2.26. The van der Waals surface area contributed by atoms with Gasteiger partial charge in [0.05, 0.1) is 4.92 Å². The van der Waals surface area contributed by atoms with Crippen molar-refractivity contribution in [3.63, 3.8) is 0 Å². The number of Topliss-reactive ketones (excluding diaryl/α,β-unsaturated/α-hetero) is 1. The minimum absolute atomic E-state index is 0.0152. The molecular weight excluding hydrogens is 272 g/mol. The molecule has 114 valence electrons. The van der Waals surface area contributed by atoms with Crippen LogP contribution in [-0.2, 0) is 0 Å². The van der Waals surface area contributed by atoms with Gasteiger partial charge in [-0.25, -0.2) is 0 Å². The summed E-state index contributed by atoms with van der Waals surface area (Å²) >= 11 is 0. The van der Waals surface area contributed by atoms with Crippen LogP contribution in [0.3, 0.4) is 0 Å². The zero-order valence-electron chi connectivity index (χ0n) is 12.1. The fourth-order valence-electron chi connectivity index (χ4n) is 2.91. The maximum atomic E-state index is 11.4. The first-order valence-electron chi connectivity index (χ1n) is 7.21. The number of ketones is 1. The normalized spacial score (nSPS) is 18.0. The topological polar surface area (TPSA) is 83.7 Å². The molecule has 2 rings (SSSR count). The number of rotatable bonds is 6. The number of hydrogen-bond acceptors (Lipinski definition) is 5. The minimum atomic E-state index is -0.427. The average Bonchev–Trinajstić information content (AvgIpc) is 2.92. The van der Waals surface area contributed by atoms with Crippen molar-refractivity contribution >= 4 is 17.2 Å². The van der Waals surface area contributed by atoms with Crippen molar-refractivity contribution in [1.82, 2.24) is 0 Å². The van der Waals surface area contributed by atoms with Crippen molar-refractivity contribution in [3.05, 3.63) is 33.9 Å². The van der Waals surface area contributed by atoms with Crippen LogP contribution in [0.2, 0.25) is 0 Å². The fourth-order valence-corrected chi connectivity index (χ4v) is 2.91. The molecule has 1 heterocycles. The Labute approximate surface area is 123 Å². The van der Waals surface area contributed by atoms with E-state index in [1.807, 2.05) is 4.90 Å². The number of nitro benzene ring substituents is 1. The second-order valence-electron chi connectivity index (χ2n) is 5.37. The van der Waals surface area contributed by atoms with Crippen LogP contribution in [0.25, 0.3) is 0 Å². The first-order valence-corrected chi connectivity index (χ1v) is 7.21. The number of carbonyl (C=O) groups excluding carboxylic acids is 1. The largest absolute Gasteiger partial charge is 0.396 e. The van der Waals surface area contributed by atoms with E-state index in [0.717, 1.165) is 25.8 Å². The Kier molecular flexibility index (Phi) is 4.90. The number of anilines is 1. The molecule has 0 bridgehead atoms. The Bertz CT molecular complexity index is 544. The van der Waals surface area contributed by atoms with Gasteiger partial charge in [-0.15, -0.1) is 0 Å². The average molecular weight is 292 g/mol. The highest BCUT2D eigenvalue weighted by Gasteiger charge is 2.29. The molecule has 1 fully saturated rings. The van der Waals surface area contributed by atoms with Crippen molar-refractivity contribution in [3.8, 4) is 0 Å². The van der Waals surface area contributed by atoms with Crippen LogP contribution in [0.15, 0.2) is 18.2 Å². The van der Waals surface area contributed by atoms with E-state index in [4.69, 9.17) is 5.11 Å². The third-order valence-corrected chi connectivity index (χ3v) is 3.96. The molecule has 0 spiro atoms. The summed E-state index contributed by atoms with van der Waals surface area (Å²) in [5.74, 6) is -0.178. The van der Waals surface area contributed by atoms with Gasteiger partial charge in [0.1, 0.15) is 5.69 Å². The van der Waals surface area contributed by atoms with Crippen molar-refractivity contribution < 1.29 is 14.8 Å². The fraction of sp³-hybridized carbons (Fsp3) is 0.533. The van der Waals surface area contributed by atoms with Crippen LogP contribution in [0.1, 0.15) is 43.0 Å². The number of benzene rings is 1. The molecule has 1 aliphatic heterocycles. The summed E-state index contributed by atoms with van der Waals surface area (Å²) in [6.07, 6.45) is 3.48. The Morgan fingerprint density at radius 2 is 2.29 bits per heavy atom. The summed E-state index contributed by atoms with van der Waals surface area (Å²) in [4.78, 5) is 24.3. The lowest BCUT2D eigenvalue weighted by Crippen LogP contribution is -2.30. The zero-order valence-corrected chi connectivity index (χ0v) is 12.1. The number of nitrogens with zero attached hydrogens (tertiary/aromatic N) is 2. The van der Waals surface area contributed by atoms with Crippen LogP contribution in [0, 0.1) is 10.1 Å². The van der Waals surface area contributed by atoms with Crippen LogP contribution in [0.4, 0.5) is 11.4 Å². The predicted molar refractivity (Wildman–Crippen MR) is 79.8 cm³/mol. The quantitative estimate of drug-likeness (QED) is 0.495. The van der Waals surface area contributed by atoms with E-state index in [-0.39, 0.29) is 24.1 Å². The first kappa shape index (κ1) is 15.4. The molecule has 21 heavy (non-hydrogen) atoms. The molecule has 0 aromatic heterocycles. The molecule has 0 amide bonds. The molecule has 1 saturated heterocycles. The Morgan fingerprint density at radius 3 is 2.90 bits per heavy atom. The third-order valence-electron chi connectivity index (χ3n) is 3.96. The molecule has 1 N–H and O–H groups in total. The van der Waals surface area contributed by atoms with Gasteiger partial charge in [0, 0.05) is 30.8 Å². The minimum Gasteiger partial charge on any atom is -0.396 e. The Hall–Kier alpha value is -1.95. The summed E-state index contributed by atoms with van der Waals surface area (Å²) in [5.41, 5.74) is 0.917. The number of hydrogen-bond donors (Lipinski definition) is 1. The molecule has 1 unspecified atom stereocenters. The first-order chi connectivity index (χ1) is 10.0. The van der Waals surface area contributed by atoms with Crippen LogP contribution < -0.4 is 4.90 Å². The molecule has 1 aliphatic rings. The van der Waals surface area contributed by atoms with Crippen molar-refractivity contribution in [2.24, 2.45) is 0 Å². The van der Waals surface area contributed by atoms with E-state index in [2.05, 4.69) is 0 Å². The molecule has 0 saturated carbocycles. The van der Waals surface area contributed by atoms with E-state index in [0.29, 0.717) is 17.7 Å². The molecule has 0 aliphatic carbocycles. The van der Waals surface area contributed by atoms with Crippen molar-refractivity contribution in [1.29, 1.82) is 0 Å². The van der Waals surface area contributed by atoms with Crippen molar-refractivity contribution in [2.75, 3.05) is 18.1 Å². The third kappa shape index (κ3) is 3.39. The van der Waals surface area contributed by atoms with Gasteiger partial charge < -0.3 is 10.0 Å². The van der Waals surface area contributed by atoms with E-state index in [9.17, 15) is 14.9 Å². The lowest BCUT2D eigenvalue weighted by molar-refractivity contribution is -0.384. The number of aliphatic hydroxyl groups excluding tert-OH is 1. The monoisotopic (exact) mass is 292 g/mol. The summed E-state index contributed by atoms with van der Waals surface area (Å²) in [7, 11) is 0. The maximum absolute atomic E-state index is 11.4. The molecule has 6 nitrogen and oxygen atoms in total. The second kappa shape index (κ2) is 6.67. The summed E-state index contributed by atoms with van der Waals surface area (Å²) in [5, 5.41) is 20.3. The zero-order chi connectivity index (χ0) is 15.4. The summed E-state index contributed by atoms with van der Waals surface area (Å²) in [6, 6.07) is 4.90. The van der Waals surface area contributed by atoms with E-state index in [1.165, 1.54) is 13.0 Å². The highest BCUT2D eigenvalue weighted by atomic mass is 16.6. The van der Waals surface area contributed by atoms with Crippen LogP contribution >= 0.6 is 0 Å². The molecular formula is C15H20N2O4. The molecule has 1 aromatic rings. The lowest BCUT2D eigenvalue weighted by atomic mass is 10.1. The van der Waals surface area contributed by atoms with E-state index >= 15 is 0 Å². The van der Waals surface area contributed by atoms with E-state index in [1.54, 1.807) is 12.1 Å². The number of aliphatic hydroxyl groups is 1. The van der Waals surface area contributed by atoms with Gasteiger partial charge in [-0.05, 0) is 44.7 Å². The number of carbonyl (C=O) groups is 1. The SMILES string of the molecule is CC(=O)c1ccc(N2CCCC2CCCO)c([N+](=O)[O-])c1. The predicted octanol–water partition coefficient (Wildman–Crippen LogP) is 2.54. The van der Waals surface area contributed by atoms with Gasteiger partial charge in [-0.3, -0.25) is 14.9 Å². The van der Waals surface area contributed by atoms with Gasteiger partial charge in [-0.1, -0.05) is 0 Å². The molecule has 1 aromatic carbocycles. The van der Waals surface area contributed by atoms with Crippen LogP contribution in [-0.4, -0.2) is 35.0 Å².